The van der Waals surface area contributed by atoms with Gasteiger partial charge in [0.25, 0.3) is 0 Å². The average molecular weight is 272 g/mol. The maximum absolute atomic E-state index is 5.85. The Balaban J connectivity index is 1.94. The van der Waals surface area contributed by atoms with Crippen molar-refractivity contribution in [2.45, 2.75) is 33.2 Å². The first kappa shape index (κ1) is 12.9. The van der Waals surface area contributed by atoms with Crippen molar-refractivity contribution >= 4 is 11.4 Å². The van der Waals surface area contributed by atoms with Gasteiger partial charge in [-0.05, 0) is 52.8 Å². The van der Waals surface area contributed by atoms with Crippen molar-refractivity contribution in [1.29, 1.82) is 0 Å². The molecule has 3 rings (SSSR count). The van der Waals surface area contributed by atoms with Crippen molar-refractivity contribution in [3.8, 4) is 11.4 Å². The molecule has 0 spiro atoms. The molecular formula is C14H20N6. The largest absolute Gasteiger partial charge is 0.399 e. The number of anilines is 2. The summed E-state index contributed by atoms with van der Waals surface area (Å²) in [7, 11) is 0. The Labute approximate surface area is 118 Å². The fourth-order valence-corrected chi connectivity index (χ4v) is 2.70. The molecule has 0 radical (unpaired) electrons. The van der Waals surface area contributed by atoms with Crippen LogP contribution in [-0.4, -0.2) is 20.2 Å². The van der Waals surface area contributed by atoms with Crippen molar-refractivity contribution in [2.75, 3.05) is 11.5 Å². The van der Waals surface area contributed by atoms with Gasteiger partial charge in [-0.2, -0.15) is 0 Å². The highest BCUT2D eigenvalue weighted by molar-refractivity contribution is 5.67. The zero-order chi connectivity index (χ0) is 14.3. The van der Waals surface area contributed by atoms with Crippen molar-refractivity contribution in [3.63, 3.8) is 0 Å². The van der Waals surface area contributed by atoms with Crippen LogP contribution in [0.4, 0.5) is 11.4 Å². The first-order valence-electron chi connectivity index (χ1n) is 6.93. The molecule has 0 amide bonds. The number of benzene rings is 1. The van der Waals surface area contributed by atoms with Gasteiger partial charge in [-0.3, -0.25) is 0 Å². The lowest BCUT2D eigenvalue weighted by atomic mass is 9.92. The molecular weight excluding hydrogens is 252 g/mol. The molecule has 0 bridgehead atoms. The van der Waals surface area contributed by atoms with Crippen LogP contribution in [-0.2, 0) is 6.54 Å². The number of nitrogens with zero attached hydrogens (tertiary/aromatic N) is 4. The standard InChI is InChI=1S/C14H20N6/c1-9(2)14(3-4-14)8-20-13(17-18-19-20)10-5-11(15)7-12(16)6-10/h5-7,9H,3-4,8,15-16H2,1-2H3. The van der Waals surface area contributed by atoms with Crippen LogP contribution in [0.2, 0.25) is 0 Å². The first-order chi connectivity index (χ1) is 9.50. The molecule has 1 aliphatic carbocycles. The zero-order valence-corrected chi connectivity index (χ0v) is 11.9. The number of nitrogens with two attached hydrogens (primary N) is 2. The molecule has 1 aromatic carbocycles. The van der Waals surface area contributed by atoms with E-state index in [2.05, 4.69) is 29.4 Å². The van der Waals surface area contributed by atoms with Crippen LogP contribution in [0.1, 0.15) is 26.7 Å². The first-order valence-corrected chi connectivity index (χ1v) is 6.93. The summed E-state index contributed by atoms with van der Waals surface area (Å²) in [4.78, 5) is 0. The molecule has 0 unspecified atom stereocenters. The van der Waals surface area contributed by atoms with Crippen LogP contribution in [0, 0.1) is 11.3 Å². The molecule has 4 N–H and O–H groups in total. The number of tetrazole rings is 1. The second kappa shape index (κ2) is 4.47. The minimum atomic E-state index is 0.343. The van der Waals surface area contributed by atoms with Crippen LogP contribution in [0.5, 0.6) is 0 Å². The maximum atomic E-state index is 5.85. The average Bonchev–Trinajstić information content (AvgIpc) is 2.99. The van der Waals surface area contributed by atoms with E-state index in [1.54, 1.807) is 6.07 Å². The van der Waals surface area contributed by atoms with Crippen LogP contribution >= 0.6 is 0 Å². The molecule has 6 heteroatoms. The summed E-state index contributed by atoms with van der Waals surface area (Å²) in [5, 5.41) is 12.1. The molecule has 20 heavy (non-hydrogen) atoms. The Morgan fingerprint density at radius 3 is 2.40 bits per heavy atom. The van der Waals surface area contributed by atoms with E-state index in [0.29, 0.717) is 22.7 Å². The molecule has 1 fully saturated rings. The summed E-state index contributed by atoms with van der Waals surface area (Å²) in [5.41, 5.74) is 14.2. The Kier molecular flexibility index (Phi) is 2.88. The van der Waals surface area contributed by atoms with Gasteiger partial charge in [-0.25, -0.2) is 4.68 Å². The van der Waals surface area contributed by atoms with Crippen molar-refractivity contribution < 1.29 is 0 Å². The summed E-state index contributed by atoms with van der Waals surface area (Å²) in [6, 6.07) is 5.44. The van der Waals surface area contributed by atoms with Crippen LogP contribution in [0.25, 0.3) is 11.4 Å². The monoisotopic (exact) mass is 272 g/mol. The molecule has 1 aromatic heterocycles. The molecule has 0 atom stereocenters. The summed E-state index contributed by atoms with van der Waals surface area (Å²) < 4.78 is 1.88. The van der Waals surface area contributed by atoms with Gasteiger partial charge in [0, 0.05) is 16.9 Å². The predicted octanol–water partition coefficient (Wildman–Crippen LogP) is 1.94. The molecule has 1 saturated carbocycles. The Bertz CT molecular complexity index is 606. The second-order valence-corrected chi connectivity index (χ2v) is 6.07. The highest BCUT2D eigenvalue weighted by Gasteiger charge is 2.46. The predicted molar refractivity (Wildman–Crippen MR) is 78.6 cm³/mol. The van der Waals surface area contributed by atoms with Crippen LogP contribution < -0.4 is 11.5 Å². The summed E-state index contributed by atoms with van der Waals surface area (Å²) in [6.45, 7) is 5.37. The minimum absolute atomic E-state index is 0.343. The molecule has 1 aliphatic rings. The smallest absolute Gasteiger partial charge is 0.182 e. The number of hydrogen-bond acceptors (Lipinski definition) is 5. The van der Waals surface area contributed by atoms with E-state index < -0.39 is 0 Å². The molecule has 2 aromatic rings. The Morgan fingerprint density at radius 1 is 1.20 bits per heavy atom. The molecule has 1 heterocycles. The number of nitrogen functional groups attached to an aromatic ring is 2. The van der Waals surface area contributed by atoms with Gasteiger partial charge in [0.2, 0.25) is 0 Å². The van der Waals surface area contributed by atoms with E-state index in [4.69, 9.17) is 11.5 Å². The van der Waals surface area contributed by atoms with Crippen LogP contribution in [0.3, 0.4) is 0 Å². The van der Waals surface area contributed by atoms with E-state index in [1.165, 1.54) is 12.8 Å². The molecule has 0 saturated heterocycles. The normalized spacial score (nSPS) is 16.6. The maximum Gasteiger partial charge on any atom is 0.182 e. The molecule has 6 nitrogen and oxygen atoms in total. The van der Waals surface area contributed by atoms with Gasteiger partial charge in [0.05, 0.1) is 6.54 Å². The van der Waals surface area contributed by atoms with E-state index in [9.17, 15) is 0 Å². The van der Waals surface area contributed by atoms with E-state index in [1.807, 2.05) is 16.8 Å². The van der Waals surface area contributed by atoms with Gasteiger partial charge in [0.15, 0.2) is 5.82 Å². The third kappa shape index (κ3) is 2.21. The lowest BCUT2D eigenvalue weighted by molar-refractivity contribution is 0.294. The third-order valence-electron chi connectivity index (χ3n) is 4.35. The summed E-state index contributed by atoms with van der Waals surface area (Å²) in [5.74, 6) is 1.36. The van der Waals surface area contributed by atoms with Gasteiger partial charge >= 0.3 is 0 Å². The Hall–Kier alpha value is -2.11. The Morgan fingerprint density at radius 2 is 1.85 bits per heavy atom. The number of hydrogen-bond donors (Lipinski definition) is 2. The van der Waals surface area contributed by atoms with Gasteiger partial charge < -0.3 is 11.5 Å². The lowest BCUT2D eigenvalue weighted by Gasteiger charge is -2.19. The second-order valence-electron chi connectivity index (χ2n) is 6.07. The van der Waals surface area contributed by atoms with E-state index in [-0.39, 0.29) is 0 Å². The summed E-state index contributed by atoms with van der Waals surface area (Å²) >= 11 is 0. The van der Waals surface area contributed by atoms with Crippen LogP contribution in [0.15, 0.2) is 18.2 Å². The number of rotatable bonds is 4. The van der Waals surface area contributed by atoms with Crippen molar-refractivity contribution in [2.24, 2.45) is 11.3 Å². The zero-order valence-electron chi connectivity index (χ0n) is 11.9. The highest BCUT2D eigenvalue weighted by Crippen LogP contribution is 2.53. The van der Waals surface area contributed by atoms with Gasteiger partial charge in [0.1, 0.15) is 0 Å². The third-order valence-corrected chi connectivity index (χ3v) is 4.35. The quantitative estimate of drug-likeness (QED) is 0.829. The van der Waals surface area contributed by atoms with E-state index in [0.717, 1.165) is 17.9 Å². The van der Waals surface area contributed by atoms with Gasteiger partial charge in [-0.15, -0.1) is 5.10 Å². The fourth-order valence-electron chi connectivity index (χ4n) is 2.70. The fraction of sp³-hybridized carbons (Fsp3) is 0.500. The van der Waals surface area contributed by atoms with E-state index >= 15 is 0 Å². The van der Waals surface area contributed by atoms with Crippen molar-refractivity contribution in [3.05, 3.63) is 18.2 Å². The number of aromatic nitrogens is 4. The SMILES string of the molecule is CC(C)C1(Cn2nnnc2-c2cc(N)cc(N)c2)CC1. The molecule has 0 aliphatic heterocycles. The van der Waals surface area contributed by atoms with Crippen molar-refractivity contribution in [1.82, 2.24) is 20.2 Å². The lowest BCUT2D eigenvalue weighted by Crippen LogP contribution is -2.19. The minimum Gasteiger partial charge on any atom is -0.399 e. The summed E-state index contributed by atoms with van der Waals surface area (Å²) in [6.07, 6.45) is 2.48. The highest BCUT2D eigenvalue weighted by atomic mass is 15.5. The van der Waals surface area contributed by atoms with Gasteiger partial charge in [-0.1, -0.05) is 13.8 Å². The molecule has 106 valence electrons. The topological polar surface area (TPSA) is 95.6 Å².